The first-order valence-electron chi connectivity index (χ1n) is 8.60. The number of rotatable bonds is 8. The number of ether oxygens (including phenoxy) is 2. The number of amides is 2. The van der Waals surface area contributed by atoms with Crippen LogP contribution in [0.15, 0.2) is 30.4 Å². The minimum atomic E-state index is -0.225. The molecule has 1 aromatic rings. The predicted molar refractivity (Wildman–Crippen MR) is 96.0 cm³/mol. The van der Waals surface area contributed by atoms with Gasteiger partial charge in [-0.05, 0) is 43.0 Å². The van der Waals surface area contributed by atoms with Crippen molar-refractivity contribution in [2.75, 3.05) is 27.3 Å². The van der Waals surface area contributed by atoms with Crippen LogP contribution in [0.5, 0.6) is 11.5 Å². The molecule has 6 nitrogen and oxygen atoms in total. The van der Waals surface area contributed by atoms with Gasteiger partial charge in [-0.1, -0.05) is 18.9 Å². The van der Waals surface area contributed by atoms with E-state index in [0.29, 0.717) is 36.1 Å². The third-order valence-electron chi connectivity index (χ3n) is 4.28. The molecule has 0 bridgehead atoms. The molecule has 136 valence electrons. The van der Waals surface area contributed by atoms with Crippen LogP contribution in [0.2, 0.25) is 0 Å². The minimum Gasteiger partial charge on any atom is -0.493 e. The number of methoxy groups -OCH3 is 2. The second-order valence-electron chi connectivity index (χ2n) is 6.02. The molecule has 1 aliphatic carbocycles. The van der Waals surface area contributed by atoms with E-state index in [9.17, 15) is 9.59 Å². The third-order valence-corrected chi connectivity index (χ3v) is 4.28. The number of hydrogen-bond donors (Lipinski definition) is 2. The lowest BCUT2D eigenvalue weighted by Crippen LogP contribution is -2.34. The number of carbonyl (C=O) groups excluding carboxylic acids is 2. The Bertz CT molecular complexity index is 622. The van der Waals surface area contributed by atoms with E-state index in [1.54, 1.807) is 31.4 Å². The fourth-order valence-corrected chi connectivity index (χ4v) is 2.87. The monoisotopic (exact) mass is 346 g/mol. The molecule has 1 aromatic carbocycles. The van der Waals surface area contributed by atoms with Crippen molar-refractivity contribution in [1.82, 2.24) is 10.6 Å². The minimum absolute atomic E-state index is 0.118. The molecular formula is C19H26N2O4. The first-order valence-corrected chi connectivity index (χ1v) is 8.60. The van der Waals surface area contributed by atoms with Crippen molar-refractivity contribution in [2.45, 2.75) is 25.7 Å². The number of hydrogen-bond acceptors (Lipinski definition) is 4. The van der Waals surface area contributed by atoms with Crippen LogP contribution in [0, 0.1) is 5.92 Å². The van der Waals surface area contributed by atoms with Crippen LogP contribution in [0.25, 0.3) is 0 Å². The van der Waals surface area contributed by atoms with Crippen molar-refractivity contribution in [3.05, 3.63) is 35.9 Å². The van der Waals surface area contributed by atoms with E-state index in [-0.39, 0.29) is 11.8 Å². The lowest BCUT2D eigenvalue weighted by Gasteiger charge is -2.10. The fourth-order valence-electron chi connectivity index (χ4n) is 2.87. The average molecular weight is 346 g/mol. The van der Waals surface area contributed by atoms with Crippen molar-refractivity contribution in [3.8, 4) is 11.5 Å². The fraction of sp³-hybridized carbons (Fsp3) is 0.474. The van der Waals surface area contributed by atoms with Crippen LogP contribution in [-0.4, -0.2) is 39.1 Å². The van der Waals surface area contributed by atoms with Gasteiger partial charge in [0, 0.05) is 18.7 Å². The van der Waals surface area contributed by atoms with Gasteiger partial charge in [0.2, 0.25) is 5.91 Å². The highest BCUT2D eigenvalue weighted by atomic mass is 16.5. The van der Waals surface area contributed by atoms with Crippen molar-refractivity contribution < 1.29 is 19.1 Å². The third kappa shape index (κ3) is 5.81. The van der Waals surface area contributed by atoms with E-state index in [0.717, 1.165) is 0 Å². The lowest BCUT2D eigenvalue weighted by atomic mass is 10.1. The number of nitrogens with one attached hydrogen (secondary N) is 2. The molecule has 0 saturated heterocycles. The maximum absolute atomic E-state index is 12.1. The molecule has 1 saturated carbocycles. The highest BCUT2D eigenvalue weighted by molar-refractivity contribution is 5.95. The van der Waals surface area contributed by atoms with Crippen LogP contribution in [0.3, 0.4) is 0 Å². The molecule has 2 rings (SSSR count). The highest BCUT2D eigenvalue weighted by Crippen LogP contribution is 2.27. The summed E-state index contributed by atoms with van der Waals surface area (Å²) >= 11 is 0. The highest BCUT2D eigenvalue weighted by Gasteiger charge is 2.12. The Morgan fingerprint density at radius 3 is 2.44 bits per heavy atom. The molecule has 6 heteroatoms. The standard InChI is InChI=1S/C19H26N2O4/c1-24-16-9-8-15(13-17(16)25-2)19(23)21-12-11-20-18(22)10-7-14-5-3-4-6-14/h7-10,13-14H,3-6,11-12H2,1-2H3,(H,20,22)(H,21,23)/b10-7+. The zero-order chi connectivity index (χ0) is 18.1. The summed E-state index contributed by atoms with van der Waals surface area (Å²) in [5.74, 6) is 1.26. The summed E-state index contributed by atoms with van der Waals surface area (Å²) in [5.41, 5.74) is 0.477. The van der Waals surface area contributed by atoms with Crippen LogP contribution in [-0.2, 0) is 4.79 Å². The molecule has 0 atom stereocenters. The molecular weight excluding hydrogens is 320 g/mol. The second-order valence-corrected chi connectivity index (χ2v) is 6.02. The summed E-state index contributed by atoms with van der Waals surface area (Å²) in [6, 6.07) is 4.97. The predicted octanol–water partition coefficient (Wildman–Crippen LogP) is 2.30. The molecule has 0 heterocycles. The Morgan fingerprint density at radius 1 is 1.08 bits per heavy atom. The van der Waals surface area contributed by atoms with E-state index < -0.39 is 0 Å². The first kappa shape index (κ1) is 18.8. The van der Waals surface area contributed by atoms with Crippen LogP contribution < -0.4 is 20.1 Å². The maximum Gasteiger partial charge on any atom is 0.251 e. The van der Waals surface area contributed by atoms with Crippen LogP contribution >= 0.6 is 0 Å². The largest absolute Gasteiger partial charge is 0.493 e. The van der Waals surface area contributed by atoms with Crippen LogP contribution in [0.4, 0.5) is 0 Å². The molecule has 1 fully saturated rings. The summed E-state index contributed by atoms with van der Waals surface area (Å²) in [6.45, 7) is 0.739. The molecule has 0 radical (unpaired) electrons. The molecule has 1 aliphatic rings. The molecule has 0 spiro atoms. The summed E-state index contributed by atoms with van der Waals surface area (Å²) in [7, 11) is 3.07. The van der Waals surface area contributed by atoms with Gasteiger partial charge in [-0.2, -0.15) is 0 Å². The van der Waals surface area contributed by atoms with Gasteiger partial charge in [0.15, 0.2) is 11.5 Å². The molecule has 0 aliphatic heterocycles. The number of allylic oxidation sites excluding steroid dienone is 1. The summed E-state index contributed by atoms with van der Waals surface area (Å²) in [4.78, 5) is 23.9. The van der Waals surface area contributed by atoms with Gasteiger partial charge in [0.05, 0.1) is 14.2 Å². The van der Waals surface area contributed by atoms with Crippen molar-refractivity contribution in [1.29, 1.82) is 0 Å². The van der Waals surface area contributed by atoms with E-state index >= 15 is 0 Å². The molecule has 2 amide bonds. The number of benzene rings is 1. The Balaban J connectivity index is 1.72. The topological polar surface area (TPSA) is 76.7 Å². The van der Waals surface area contributed by atoms with E-state index in [1.807, 2.05) is 6.08 Å². The smallest absolute Gasteiger partial charge is 0.251 e. The second kappa shape index (κ2) is 9.71. The number of carbonyl (C=O) groups is 2. The molecule has 0 unspecified atom stereocenters. The lowest BCUT2D eigenvalue weighted by molar-refractivity contribution is -0.116. The van der Waals surface area contributed by atoms with Gasteiger partial charge in [-0.3, -0.25) is 9.59 Å². The Morgan fingerprint density at radius 2 is 1.76 bits per heavy atom. The van der Waals surface area contributed by atoms with Gasteiger partial charge in [-0.25, -0.2) is 0 Å². The normalized spacial score (nSPS) is 14.5. The Labute approximate surface area is 148 Å². The van der Waals surface area contributed by atoms with E-state index in [2.05, 4.69) is 10.6 Å². The summed E-state index contributed by atoms with van der Waals surface area (Å²) < 4.78 is 10.3. The summed E-state index contributed by atoms with van der Waals surface area (Å²) in [5, 5.41) is 5.54. The zero-order valence-electron chi connectivity index (χ0n) is 14.8. The van der Waals surface area contributed by atoms with Gasteiger partial charge >= 0.3 is 0 Å². The van der Waals surface area contributed by atoms with Gasteiger partial charge in [0.1, 0.15) is 0 Å². The Kier molecular flexibility index (Phi) is 7.32. The van der Waals surface area contributed by atoms with Crippen molar-refractivity contribution >= 4 is 11.8 Å². The average Bonchev–Trinajstić information content (AvgIpc) is 3.16. The van der Waals surface area contributed by atoms with Crippen molar-refractivity contribution in [3.63, 3.8) is 0 Å². The van der Waals surface area contributed by atoms with E-state index in [4.69, 9.17) is 9.47 Å². The van der Waals surface area contributed by atoms with Crippen LogP contribution in [0.1, 0.15) is 36.0 Å². The molecule has 25 heavy (non-hydrogen) atoms. The van der Waals surface area contributed by atoms with Crippen molar-refractivity contribution in [2.24, 2.45) is 5.92 Å². The zero-order valence-corrected chi connectivity index (χ0v) is 14.8. The summed E-state index contributed by atoms with van der Waals surface area (Å²) in [6.07, 6.45) is 8.44. The van der Waals surface area contributed by atoms with E-state index in [1.165, 1.54) is 32.8 Å². The first-order chi connectivity index (χ1) is 12.1. The van der Waals surface area contributed by atoms with Gasteiger partial charge < -0.3 is 20.1 Å². The molecule has 2 N–H and O–H groups in total. The Hall–Kier alpha value is -2.50. The van der Waals surface area contributed by atoms with Gasteiger partial charge in [-0.15, -0.1) is 0 Å². The SMILES string of the molecule is COc1ccc(C(=O)NCCNC(=O)/C=C/C2CCCC2)cc1OC. The molecule has 0 aromatic heterocycles. The van der Waals surface area contributed by atoms with Gasteiger partial charge in [0.25, 0.3) is 5.91 Å². The maximum atomic E-state index is 12.1. The quantitative estimate of drug-likeness (QED) is 0.559.